The number of halogens is 3. The zero-order valence-corrected chi connectivity index (χ0v) is 13.5. The fraction of sp³-hybridized carbons (Fsp3) is 0.500. The highest BCUT2D eigenvalue weighted by Gasteiger charge is 2.27. The number of rotatable bonds is 8. The van der Waals surface area contributed by atoms with E-state index in [0.717, 1.165) is 0 Å². The van der Waals surface area contributed by atoms with Crippen molar-refractivity contribution in [2.24, 2.45) is 0 Å². The van der Waals surface area contributed by atoms with Gasteiger partial charge in [-0.05, 0) is 18.6 Å². The lowest BCUT2D eigenvalue weighted by Crippen LogP contribution is -2.41. The Kier molecular flexibility index (Phi) is 6.63. The van der Waals surface area contributed by atoms with E-state index in [1.165, 1.54) is 4.90 Å². The van der Waals surface area contributed by atoms with Crippen LogP contribution in [0.2, 0.25) is 0 Å². The number of carbonyl (C=O) groups is 2. The number of nitrogens with one attached hydrogen (secondary N) is 1. The van der Waals surface area contributed by atoms with Crippen LogP contribution in [0.1, 0.15) is 12.8 Å². The summed E-state index contributed by atoms with van der Waals surface area (Å²) in [7, 11) is 0. The second-order valence-corrected chi connectivity index (χ2v) is 5.42. The lowest BCUT2D eigenvalue weighted by Gasteiger charge is -2.29. The molecule has 0 spiro atoms. The fourth-order valence-corrected chi connectivity index (χ4v) is 2.29. The summed E-state index contributed by atoms with van der Waals surface area (Å²) in [6.45, 7) is -1.04. The van der Waals surface area contributed by atoms with Crippen molar-refractivity contribution in [1.82, 2.24) is 5.32 Å². The van der Waals surface area contributed by atoms with Crippen molar-refractivity contribution in [3.63, 3.8) is 0 Å². The minimum atomic E-state index is -4.34. The summed E-state index contributed by atoms with van der Waals surface area (Å²) in [4.78, 5) is 25.2. The lowest BCUT2D eigenvalue weighted by atomic mass is 10.2. The standard InChI is InChI=1S/C16H19F3N2O4/c17-16(18,19)11-24-9-3-7-20-14(22)6-8-21-12-4-1-2-5-13(12)25-10-15(21)23/h1-2,4-5H,3,6-11H2,(H,20,22). The average Bonchev–Trinajstić information content (AvgIpc) is 2.56. The molecule has 9 heteroatoms. The minimum Gasteiger partial charge on any atom is -0.482 e. The molecule has 2 amide bonds. The summed E-state index contributed by atoms with van der Waals surface area (Å²) in [5.74, 6) is 0.0731. The Morgan fingerprint density at radius 2 is 2.08 bits per heavy atom. The van der Waals surface area contributed by atoms with Gasteiger partial charge in [0.05, 0.1) is 5.69 Å². The second-order valence-electron chi connectivity index (χ2n) is 5.42. The van der Waals surface area contributed by atoms with E-state index >= 15 is 0 Å². The predicted molar refractivity (Wildman–Crippen MR) is 83.4 cm³/mol. The molecule has 1 aromatic rings. The second kappa shape index (κ2) is 8.70. The van der Waals surface area contributed by atoms with Gasteiger partial charge in [-0.3, -0.25) is 9.59 Å². The number of benzene rings is 1. The highest BCUT2D eigenvalue weighted by molar-refractivity contribution is 5.98. The first-order chi connectivity index (χ1) is 11.9. The van der Waals surface area contributed by atoms with E-state index in [-0.39, 0.29) is 51.0 Å². The maximum absolute atomic E-state index is 11.9. The van der Waals surface area contributed by atoms with Crippen LogP contribution in [-0.2, 0) is 14.3 Å². The molecular weight excluding hydrogens is 341 g/mol. The largest absolute Gasteiger partial charge is 0.482 e. The van der Waals surface area contributed by atoms with E-state index in [1.807, 2.05) is 0 Å². The van der Waals surface area contributed by atoms with E-state index in [4.69, 9.17) is 4.74 Å². The van der Waals surface area contributed by atoms with Gasteiger partial charge in [0.2, 0.25) is 5.91 Å². The molecule has 0 unspecified atom stereocenters. The molecule has 1 aliphatic rings. The molecule has 0 aromatic heterocycles. The van der Waals surface area contributed by atoms with Crippen LogP contribution in [-0.4, -0.2) is 50.9 Å². The quantitative estimate of drug-likeness (QED) is 0.719. The molecule has 0 bridgehead atoms. The Labute approximate surface area is 142 Å². The first kappa shape index (κ1) is 19.0. The third-order valence-corrected chi connectivity index (χ3v) is 3.42. The number of nitrogens with zero attached hydrogens (tertiary/aromatic N) is 1. The Morgan fingerprint density at radius 3 is 2.84 bits per heavy atom. The van der Waals surface area contributed by atoms with Crippen molar-refractivity contribution < 1.29 is 32.2 Å². The monoisotopic (exact) mass is 360 g/mol. The molecule has 0 atom stereocenters. The first-order valence-corrected chi connectivity index (χ1v) is 7.80. The Balaban J connectivity index is 1.68. The topological polar surface area (TPSA) is 67.9 Å². The molecule has 0 radical (unpaired) electrons. The summed E-state index contributed by atoms with van der Waals surface area (Å²) >= 11 is 0. The Hall–Kier alpha value is -2.29. The SMILES string of the molecule is O=C(CCN1C(=O)COc2ccccc21)NCCCOCC(F)(F)F. The third kappa shape index (κ3) is 6.26. The van der Waals surface area contributed by atoms with E-state index in [0.29, 0.717) is 11.4 Å². The molecule has 0 saturated carbocycles. The van der Waals surface area contributed by atoms with Crippen LogP contribution in [0.25, 0.3) is 0 Å². The first-order valence-electron chi connectivity index (χ1n) is 7.80. The molecule has 1 aromatic carbocycles. The molecule has 6 nitrogen and oxygen atoms in total. The number of amides is 2. The van der Waals surface area contributed by atoms with Gasteiger partial charge in [0.15, 0.2) is 6.61 Å². The van der Waals surface area contributed by atoms with Crippen molar-refractivity contribution >= 4 is 17.5 Å². The number of fused-ring (bicyclic) bond motifs is 1. The van der Waals surface area contributed by atoms with Gasteiger partial charge in [-0.25, -0.2) is 0 Å². The number of para-hydroxylation sites is 2. The van der Waals surface area contributed by atoms with Crippen LogP contribution in [0.5, 0.6) is 5.75 Å². The average molecular weight is 360 g/mol. The van der Waals surface area contributed by atoms with E-state index in [9.17, 15) is 22.8 Å². The molecule has 138 valence electrons. The normalized spacial score (nSPS) is 14.0. The van der Waals surface area contributed by atoms with Crippen LogP contribution in [0.3, 0.4) is 0 Å². The van der Waals surface area contributed by atoms with E-state index < -0.39 is 12.8 Å². The number of anilines is 1. The van der Waals surface area contributed by atoms with Gasteiger partial charge in [-0.1, -0.05) is 12.1 Å². The van der Waals surface area contributed by atoms with Gasteiger partial charge in [0.1, 0.15) is 12.4 Å². The van der Waals surface area contributed by atoms with E-state index in [1.54, 1.807) is 24.3 Å². The summed E-state index contributed by atoms with van der Waals surface area (Å²) in [5.41, 5.74) is 0.618. The van der Waals surface area contributed by atoms with Crippen LogP contribution >= 0.6 is 0 Å². The van der Waals surface area contributed by atoms with Gasteiger partial charge in [-0.2, -0.15) is 13.2 Å². The van der Waals surface area contributed by atoms with Crippen LogP contribution in [0.4, 0.5) is 18.9 Å². The zero-order chi connectivity index (χ0) is 18.3. The van der Waals surface area contributed by atoms with Gasteiger partial charge >= 0.3 is 6.18 Å². The van der Waals surface area contributed by atoms with Gasteiger partial charge < -0.3 is 19.7 Å². The minimum absolute atomic E-state index is 0.0742. The van der Waals surface area contributed by atoms with Gasteiger partial charge in [-0.15, -0.1) is 0 Å². The Bertz CT molecular complexity index is 607. The number of alkyl halides is 3. The molecule has 2 rings (SSSR count). The predicted octanol–water partition coefficient (Wildman–Crippen LogP) is 1.89. The van der Waals surface area contributed by atoms with Crippen molar-refractivity contribution in [3.8, 4) is 5.75 Å². The highest BCUT2D eigenvalue weighted by atomic mass is 19.4. The van der Waals surface area contributed by atoms with Crippen LogP contribution < -0.4 is 15.0 Å². The third-order valence-electron chi connectivity index (χ3n) is 3.42. The number of hydrogen-bond acceptors (Lipinski definition) is 4. The van der Waals surface area contributed by atoms with E-state index in [2.05, 4.69) is 10.1 Å². The summed E-state index contributed by atoms with van der Waals surface area (Å²) in [5, 5.41) is 2.59. The molecule has 1 N–H and O–H groups in total. The lowest BCUT2D eigenvalue weighted by molar-refractivity contribution is -0.174. The zero-order valence-electron chi connectivity index (χ0n) is 13.5. The fourth-order valence-electron chi connectivity index (χ4n) is 2.29. The maximum Gasteiger partial charge on any atom is 0.411 e. The molecule has 0 saturated heterocycles. The maximum atomic E-state index is 11.9. The number of hydrogen-bond donors (Lipinski definition) is 1. The number of carbonyl (C=O) groups excluding carboxylic acids is 2. The summed E-state index contributed by atoms with van der Waals surface area (Å²) in [6, 6.07) is 7.05. The van der Waals surface area contributed by atoms with Crippen molar-refractivity contribution in [3.05, 3.63) is 24.3 Å². The van der Waals surface area contributed by atoms with Crippen molar-refractivity contribution in [2.45, 2.75) is 19.0 Å². The van der Waals surface area contributed by atoms with Gasteiger partial charge in [0.25, 0.3) is 5.91 Å². The van der Waals surface area contributed by atoms with Crippen LogP contribution in [0.15, 0.2) is 24.3 Å². The number of ether oxygens (including phenoxy) is 2. The molecule has 1 heterocycles. The van der Waals surface area contributed by atoms with Gasteiger partial charge in [0, 0.05) is 26.1 Å². The summed E-state index contributed by atoms with van der Waals surface area (Å²) < 4.78 is 45.4. The molecule has 0 aliphatic carbocycles. The summed E-state index contributed by atoms with van der Waals surface area (Å²) in [6.07, 6.45) is -3.98. The molecule has 25 heavy (non-hydrogen) atoms. The smallest absolute Gasteiger partial charge is 0.411 e. The highest BCUT2D eigenvalue weighted by Crippen LogP contribution is 2.31. The Morgan fingerprint density at radius 1 is 1.32 bits per heavy atom. The molecular formula is C16H19F3N2O4. The molecule has 1 aliphatic heterocycles. The van der Waals surface area contributed by atoms with Crippen molar-refractivity contribution in [2.75, 3.05) is 37.8 Å². The van der Waals surface area contributed by atoms with Crippen molar-refractivity contribution in [1.29, 1.82) is 0 Å². The van der Waals surface area contributed by atoms with Crippen LogP contribution in [0, 0.1) is 0 Å². The molecule has 0 fully saturated rings.